The first-order valence-corrected chi connectivity index (χ1v) is 5.84. The zero-order valence-corrected chi connectivity index (χ0v) is 11.1. The molecule has 110 valence electrons. The Kier molecular flexibility index (Phi) is 5.58. The molecule has 20 heavy (non-hydrogen) atoms. The van der Waals surface area contributed by atoms with Crippen LogP contribution < -0.4 is 5.32 Å². The maximum absolute atomic E-state index is 12.7. The van der Waals surface area contributed by atoms with Crippen LogP contribution in [0.15, 0.2) is 12.1 Å². The average molecular weight is 331 g/mol. The number of hydrogen-bond donors (Lipinski definition) is 1. The van der Waals surface area contributed by atoms with Crippen LogP contribution in [0.3, 0.4) is 0 Å². The first-order valence-electron chi connectivity index (χ1n) is 5.08. The summed E-state index contributed by atoms with van der Waals surface area (Å²) < 4.78 is 36.6. The maximum Gasteiger partial charge on any atom is 0.288 e. The Morgan fingerprint density at radius 3 is 2.45 bits per heavy atom. The molecule has 1 atom stereocenters. The molecule has 0 aliphatic rings. The van der Waals surface area contributed by atoms with Gasteiger partial charge in [0.2, 0.25) is 0 Å². The van der Waals surface area contributed by atoms with Crippen molar-refractivity contribution in [3.8, 4) is 0 Å². The van der Waals surface area contributed by atoms with Crippen molar-refractivity contribution in [1.82, 2.24) is 5.32 Å². The van der Waals surface area contributed by atoms with Crippen LogP contribution in [-0.2, 0) is 0 Å². The third-order valence-corrected chi connectivity index (χ3v) is 2.92. The third-order valence-electron chi connectivity index (χ3n) is 2.23. The van der Waals surface area contributed by atoms with Crippen LogP contribution in [0, 0.1) is 10.1 Å². The molecule has 0 aromatic heterocycles. The van der Waals surface area contributed by atoms with Crippen molar-refractivity contribution in [2.75, 3.05) is 6.54 Å². The number of halogens is 5. The molecule has 0 aliphatic heterocycles. The Bertz CT molecular complexity index is 543. The van der Waals surface area contributed by atoms with Gasteiger partial charge in [0.05, 0.1) is 22.1 Å². The summed E-state index contributed by atoms with van der Waals surface area (Å²) in [5.41, 5.74) is -1.05. The summed E-state index contributed by atoms with van der Waals surface area (Å²) in [4.78, 5) is 21.5. The highest BCUT2D eigenvalue weighted by atomic mass is 35.5. The molecule has 10 heteroatoms. The van der Waals surface area contributed by atoms with Crippen LogP contribution in [0.25, 0.3) is 0 Å². The number of alkyl halides is 3. The Morgan fingerprint density at radius 1 is 1.35 bits per heavy atom. The lowest BCUT2D eigenvalue weighted by Gasteiger charge is -2.10. The second-order valence-electron chi connectivity index (χ2n) is 3.57. The van der Waals surface area contributed by atoms with E-state index in [0.717, 1.165) is 12.1 Å². The van der Waals surface area contributed by atoms with Crippen molar-refractivity contribution in [2.45, 2.75) is 12.6 Å². The molecule has 0 bridgehead atoms. The monoisotopic (exact) mass is 330 g/mol. The van der Waals surface area contributed by atoms with Gasteiger partial charge in [0, 0.05) is 6.07 Å². The second kappa shape index (κ2) is 6.76. The van der Waals surface area contributed by atoms with E-state index in [1.54, 1.807) is 0 Å². The highest BCUT2D eigenvalue weighted by molar-refractivity contribution is 6.41. The van der Waals surface area contributed by atoms with Crippen LogP contribution in [0.5, 0.6) is 0 Å². The molecule has 1 amide bonds. The number of nitrogens with zero attached hydrogens (tertiary/aromatic N) is 1. The molecule has 0 aliphatic carbocycles. The Hall–Kier alpha value is -1.54. The molecule has 0 spiro atoms. The standard InChI is InChI=1S/C10H7Cl2F3N2O3/c11-4-1-2-6(17(19)20)8(12)7(4)10(18)16-3-5(13)9(14)15/h1-2,5,9H,3H2,(H,16,18). The van der Waals surface area contributed by atoms with Crippen LogP contribution in [0.4, 0.5) is 18.9 Å². The first kappa shape index (κ1) is 16.5. The fourth-order valence-electron chi connectivity index (χ4n) is 1.26. The number of hydrogen-bond acceptors (Lipinski definition) is 3. The SMILES string of the molecule is O=C(NCC(F)C(F)F)c1c(Cl)ccc([N+](=O)[O-])c1Cl. The van der Waals surface area contributed by atoms with E-state index < -0.39 is 46.2 Å². The topological polar surface area (TPSA) is 72.2 Å². The van der Waals surface area contributed by atoms with Crippen molar-refractivity contribution in [3.63, 3.8) is 0 Å². The number of nitrogens with one attached hydrogen (secondary N) is 1. The van der Waals surface area contributed by atoms with E-state index in [1.165, 1.54) is 0 Å². The Balaban J connectivity index is 2.98. The molecule has 1 aromatic rings. The lowest BCUT2D eigenvalue weighted by molar-refractivity contribution is -0.384. The van der Waals surface area contributed by atoms with Crippen LogP contribution in [0.2, 0.25) is 10.0 Å². The van der Waals surface area contributed by atoms with Gasteiger partial charge in [-0.3, -0.25) is 14.9 Å². The van der Waals surface area contributed by atoms with Crippen molar-refractivity contribution in [2.24, 2.45) is 0 Å². The Labute approximate surface area is 120 Å². The number of benzene rings is 1. The summed E-state index contributed by atoms with van der Waals surface area (Å²) >= 11 is 11.3. The van der Waals surface area contributed by atoms with Gasteiger partial charge >= 0.3 is 0 Å². The van der Waals surface area contributed by atoms with Gasteiger partial charge in [0.1, 0.15) is 5.02 Å². The molecule has 1 aromatic carbocycles. The highest BCUT2D eigenvalue weighted by Crippen LogP contribution is 2.32. The first-order chi connectivity index (χ1) is 9.25. The van der Waals surface area contributed by atoms with Gasteiger partial charge in [-0.25, -0.2) is 13.2 Å². The fourth-order valence-corrected chi connectivity index (χ4v) is 1.87. The number of carbonyl (C=O) groups is 1. The van der Waals surface area contributed by atoms with E-state index in [0.29, 0.717) is 0 Å². The fraction of sp³-hybridized carbons (Fsp3) is 0.300. The molecule has 0 heterocycles. The van der Waals surface area contributed by atoms with Crippen LogP contribution in [-0.4, -0.2) is 30.0 Å². The summed E-state index contributed by atoms with van der Waals surface area (Å²) in [5, 5.41) is 11.7. The molecule has 1 rings (SSSR count). The number of amides is 1. The smallest absolute Gasteiger partial charge is 0.288 e. The largest absolute Gasteiger partial charge is 0.349 e. The minimum atomic E-state index is -3.26. The van der Waals surface area contributed by atoms with E-state index in [9.17, 15) is 28.1 Å². The summed E-state index contributed by atoms with van der Waals surface area (Å²) in [6.07, 6.45) is -5.82. The zero-order valence-electron chi connectivity index (χ0n) is 9.58. The second-order valence-corrected chi connectivity index (χ2v) is 4.36. The van der Waals surface area contributed by atoms with Gasteiger partial charge in [-0.15, -0.1) is 0 Å². The Morgan fingerprint density at radius 2 is 1.95 bits per heavy atom. The quantitative estimate of drug-likeness (QED) is 0.665. The van der Waals surface area contributed by atoms with Crippen molar-refractivity contribution < 1.29 is 22.9 Å². The highest BCUT2D eigenvalue weighted by Gasteiger charge is 2.25. The van der Waals surface area contributed by atoms with Gasteiger partial charge in [0.15, 0.2) is 6.17 Å². The molecule has 0 fully saturated rings. The van der Waals surface area contributed by atoms with Gasteiger partial charge in [-0.1, -0.05) is 23.2 Å². The minimum Gasteiger partial charge on any atom is -0.349 e. The third kappa shape index (κ3) is 3.73. The molecule has 5 nitrogen and oxygen atoms in total. The lowest BCUT2D eigenvalue weighted by atomic mass is 10.2. The number of nitro groups is 1. The minimum absolute atomic E-state index is 0.217. The van der Waals surface area contributed by atoms with Gasteiger partial charge in [0.25, 0.3) is 18.0 Å². The number of carbonyl (C=O) groups excluding carboxylic acids is 1. The van der Waals surface area contributed by atoms with Crippen molar-refractivity contribution in [3.05, 3.63) is 37.9 Å². The maximum atomic E-state index is 12.7. The van der Waals surface area contributed by atoms with E-state index in [1.807, 2.05) is 5.32 Å². The van der Waals surface area contributed by atoms with E-state index >= 15 is 0 Å². The predicted octanol–water partition coefficient (Wildman–Crippen LogP) is 3.23. The molecular weight excluding hydrogens is 324 g/mol. The van der Waals surface area contributed by atoms with Gasteiger partial charge in [-0.05, 0) is 6.07 Å². The van der Waals surface area contributed by atoms with Gasteiger partial charge < -0.3 is 5.32 Å². The molecular formula is C10H7Cl2F3N2O3. The molecule has 0 saturated carbocycles. The number of nitro benzene ring substituents is 1. The van der Waals surface area contributed by atoms with Crippen LogP contribution in [0.1, 0.15) is 10.4 Å². The van der Waals surface area contributed by atoms with Crippen molar-refractivity contribution >= 4 is 34.8 Å². The molecule has 1 unspecified atom stereocenters. The van der Waals surface area contributed by atoms with E-state index in [2.05, 4.69) is 0 Å². The summed E-state index contributed by atoms with van der Waals surface area (Å²) in [6, 6.07) is 2.04. The summed E-state index contributed by atoms with van der Waals surface area (Å²) in [5.74, 6) is -1.08. The summed E-state index contributed by atoms with van der Waals surface area (Å²) in [7, 11) is 0. The summed E-state index contributed by atoms with van der Waals surface area (Å²) in [6.45, 7) is -0.966. The number of rotatable bonds is 5. The van der Waals surface area contributed by atoms with E-state index in [4.69, 9.17) is 23.2 Å². The molecule has 0 radical (unpaired) electrons. The van der Waals surface area contributed by atoms with E-state index in [-0.39, 0.29) is 5.02 Å². The normalized spacial score (nSPS) is 12.3. The zero-order chi connectivity index (χ0) is 15.4. The molecule has 0 saturated heterocycles. The van der Waals surface area contributed by atoms with Gasteiger partial charge in [-0.2, -0.15) is 0 Å². The predicted molar refractivity (Wildman–Crippen MR) is 66.3 cm³/mol. The molecule has 1 N–H and O–H groups in total. The van der Waals surface area contributed by atoms with Crippen LogP contribution >= 0.6 is 23.2 Å². The van der Waals surface area contributed by atoms with Crippen molar-refractivity contribution in [1.29, 1.82) is 0 Å². The lowest BCUT2D eigenvalue weighted by Crippen LogP contribution is -2.33. The average Bonchev–Trinajstić information content (AvgIpc) is 2.35.